The number of nitrogens with one attached hydrogen (secondary N) is 1. The molecule has 0 saturated heterocycles. The number of nitrogen functional groups attached to an aromatic ring is 1. The summed E-state index contributed by atoms with van der Waals surface area (Å²) in [6.45, 7) is 0.814. The van der Waals surface area contributed by atoms with E-state index in [0.717, 1.165) is 24.2 Å². The first-order valence-corrected chi connectivity index (χ1v) is 8.02. The number of hydrogen-bond acceptors (Lipinski definition) is 3. The molecule has 1 aromatic carbocycles. The number of nitrogens with two attached hydrogens (primary N) is 1. The number of anilines is 1. The Balaban J connectivity index is 1.71. The van der Waals surface area contributed by atoms with E-state index in [1.807, 2.05) is 36.0 Å². The van der Waals surface area contributed by atoms with Gasteiger partial charge in [-0.1, -0.05) is 18.6 Å². The number of aryl methyl sites for hydroxylation is 1. The van der Waals surface area contributed by atoms with Crippen molar-refractivity contribution in [2.75, 3.05) is 18.5 Å². The second kappa shape index (κ2) is 6.33. The summed E-state index contributed by atoms with van der Waals surface area (Å²) in [5.74, 6) is 0.150. The molecule has 0 unspecified atom stereocenters. The SMILES string of the molecule is CSC1(CNC(=O)CCc2ccc(N)cc2)CCC1. The minimum absolute atomic E-state index is 0.150. The van der Waals surface area contributed by atoms with Gasteiger partial charge in [-0.2, -0.15) is 11.8 Å². The topological polar surface area (TPSA) is 55.1 Å². The van der Waals surface area contributed by atoms with Crippen LogP contribution in [0.2, 0.25) is 0 Å². The molecule has 2 rings (SSSR count). The van der Waals surface area contributed by atoms with Gasteiger partial charge in [0.15, 0.2) is 0 Å². The first kappa shape index (κ1) is 14.3. The molecule has 0 spiro atoms. The molecule has 4 heteroatoms. The zero-order valence-corrected chi connectivity index (χ0v) is 12.3. The highest BCUT2D eigenvalue weighted by Gasteiger charge is 2.36. The van der Waals surface area contributed by atoms with E-state index in [4.69, 9.17) is 5.73 Å². The number of hydrogen-bond donors (Lipinski definition) is 2. The predicted octanol–water partition coefficient (Wildman–Crippen LogP) is 2.60. The molecule has 19 heavy (non-hydrogen) atoms. The van der Waals surface area contributed by atoms with Gasteiger partial charge >= 0.3 is 0 Å². The maximum atomic E-state index is 11.8. The summed E-state index contributed by atoms with van der Waals surface area (Å²) in [4.78, 5) is 11.8. The number of carbonyl (C=O) groups is 1. The molecular formula is C15H22N2OS. The summed E-state index contributed by atoms with van der Waals surface area (Å²) in [5.41, 5.74) is 7.56. The molecule has 1 amide bonds. The number of benzene rings is 1. The van der Waals surface area contributed by atoms with Crippen LogP contribution in [-0.2, 0) is 11.2 Å². The minimum Gasteiger partial charge on any atom is -0.399 e. The van der Waals surface area contributed by atoms with E-state index in [9.17, 15) is 4.79 Å². The van der Waals surface area contributed by atoms with Crippen LogP contribution < -0.4 is 11.1 Å². The lowest BCUT2D eigenvalue weighted by molar-refractivity contribution is -0.121. The van der Waals surface area contributed by atoms with Gasteiger partial charge in [-0.15, -0.1) is 0 Å². The Kier molecular flexibility index (Phi) is 4.75. The molecule has 0 aliphatic heterocycles. The molecule has 104 valence electrons. The molecule has 0 heterocycles. The van der Waals surface area contributed by atoms with E-state index < -0.39 is 0 Å². The summed E-state index contributed by atoms with van der Waals surface area (Å²) in [6.07, 6.45) is 7.22. The Morgan fingerprint density at radius 1 is 1.37 bits per heavy atom. The smallest absolute Gasteiger partial charge is 0.220 e. The minimum atomic E-state index is 0.150. The first-order valence-electron chi connectivity index (χ1n) is 6.80. The van der Waals surface area contributed by atoms with Crippen molar-refractivity contribution in [3.8, 4) is 0 Å². The molecule has 1 aromatic rings. The Labute approximate surface area is 119 Å². The lowest BCUT2D eigenvalue weighted by Gasteiger charge is -2.40. The predicted molar refractivity (Wildman–Crippen MR) is 82.3 cm³/mol. The normalized spacial score (nSPS) is 16.7. The summed E-state index contributed by atoms with van der Waals surface area (Å²) in [7, 11) is 0. The largest absolute Gasteiger partial charge is 0.399 e. The first-order chi connectivity index (χ1) is 9.13. The van der Waals surface area contributed by atoms with Gasteiger partial charge in [-0.05, 0) is 43.2 Å². The molecule has 3 nitrogen and oxygen atoms in total. The van der Waals surface area contributed by atoms with E-state index >= 15 is 0 Å². The second-order valence-corrected chi connectivity index (χ2v) is 6.53. The molecule has 0 aromatic heterocycles. The Hall–Kier alpha value is -1.16. The zero-order chi connectivity index (χ0) is 13.7. The molecule has 0 atom stereocenters. The number of rotatable bonds is 6. The molecule has 1 saturated carbocycles. The van der Waals surface area contributed by atoms with Crippen molar-refractivity contribution in [1.82, 2.24) is 5.32 Å². The fourth-order valence-corrected chi connectivity index (χ4v) is 3.23. The van der Waals surface area contributed by atoms with Crippen LogP contribution in [0.4, 0.5) is 5.69 Å². The van der Waals surface area contributed by atoms with E-state index in [1.165, 1.54) is 19.3 Å². The summed E-state index contributed by atoms with van der Waals surface area (Å²) < 4.78 is 0.316. The lowest BCUT2D eigenvalue weighted by atomic mass is 9.84. The third-order valence-electron chi connectivity index (χ3n) is 3.93. The Morgan fingerprint density at radius 2 is 2.05 bits per heavy atom. The van der Waals surface area contributed by atoms with Crippen LogP contribution in [-0.4, -0.2) is 23.5 Å². The van der Waals surface area contributed by atoms with Crippen LogP contribution in [0.1, 0.15) is 31.2 Å². The van der Waals surface area contributed by atoms with Crippen molar-refractivity contribution in [3.63, 3.8) is 0 Å². The maximum absolute atomic E-state index is 11.8. The number of carbonyl (C=O) groups excluding carboxylic acids is 1. The number of amides is 1. The highest BCUT2D eigenvalue weighted by Crippen LogP contribution is 2.42. The standard InChI is InChI=1S/C15H22N2OS/c1-19-15(9-2-10-15)11-17-14(18)8-5-12-3-6-13(16)7-4-12/h3-4,6-7H,2,5,8-11,16H2,1H3,(H,17,18). The maximum Gasteiger partial charge on any atom is 0.220 e. The van der Waals surface area contributed by atoms with Crippen LogP contribution >= 0.6 is 11.8 Å². The summed E-state index contributed by atoms with van der Waals surface area (Å²) >= 11 is 1.89. The highest BCUT2D eigenvalue weighted by molar-refractivity contribution is 8.00. The lowest BCUT2D eigenvalue weighted by Crippen LogP contribution is -2.45. The molecule has 1 aliphatic carbocycles. The molecule has 1 aliphatic rings. The van der Waals surface area contributed by atoms with Gasteiger partial charge in [-0.3, -0.25) is 4.79 Å². The Morgan fingerprint density at radius 3 is 2.58 bits per heavy atom. The van der Waals surface area contributed by atoms with E-state index in [-0.39, 0.29) is 5.91 Å². The van der Waals surface area contributed by atoms with E-state index in [2.05, 4.69) is 11.6 Å². The van der Waals surface area contributed by atoms with Crippen LogP contribution in [0.5, 0.6) is 0 Å². The quantitative estimate of drug-likeness (QED) is 0.786. The van der Waals surface area contributed by atoms with Crippen LogP contribution in [0, 0.1) is 0 Å². The third-order valence-corrected chi connectivity index (χ3v) is 5.34. The van der Waals surface area contributed by atoms with Crippen molar-refractivity contribution in [2.24, 2.45) is 0 Å². The third kappa shape index (κ3) is 3.90. The van der Waals surface area contributed by atoms with Crippen molar-refractivity contribution in [2.45, 2.75) is 36.9 Å². The van der Waals surface area contributed by atoms with Gasteiger partial charge in [-0.25, -0.2) is 0 Å². The zero-order valence-electron chi connectivity index (χ0n) is 11.4. The molecule has 3 N–H and O–H groups in total. The summed E-state index contributed by atoms with van der Waals surface area (Å²) in [5, 5.41) is 3.07. The second-order valence-electron chi connectivity index (χ2n) is 5.26. The van der Waals surface area contributed by atoms with Gasteiger partial charge < -0.3 is 11.1 Å². The molecular weight excluding hydrogens is 256 g/mol. The van der Waals surface area contributed by atoms with Crippen molar-refractivity contribution < 1.29 is 4.79 Å². The number of thioether (sulfide) groups is 1. The van der Waals surface area contributed by atoms with Crippen molar-refractivity contribution >= 4 is 23.4 Å². The average Bonchev–Trinajstić information content (AvgIpc) is 2.37. The van der Waals surface area contributed by atoms with Crippen LogP contribution in [0.15, 0.2) is 24.3 Å². The van der Waals surface area contributed by atoms with E-state index in [1.54, 1.807) is 0 Å². The van der Waals surface area contributed by atoms with Crippen molar-refractivity contribution in [1.29, 1.82) is 0 Å². The van der Waals surface area contributed by atoms with E-state index in [0.29, 0.717) is 11.2 Å². The summed E-state index contributed by atoms with van der Waals surface area (Å²) in [6, 6.07) is 7.73. The van der Waals surface area contributed by atoms with Crippen molar-refractivity contribution in [3.05, 3.63) is 29.8 Å². The molecule has 1 fully saturated rings. The van der Waals surface area contributed by atoms with Crippen LogP contribution in [0.3, 0.4) is 0 Å². The van der Waals surface area contributed by atoms with Crippen LogP contribution in [0.25, 0.3) is 0 Å². The fourth-order valence-electron chi connectivity index (χ4n) is 2.31. The van der Waals surface area contributed by atoms with Gasteiger partial charge in [0.25, 0.3) is 0 Å². The van der Waals surface area contributed by atoms with Gasteiger partial charge in [0.2, 0.25) is 5.91 Å². The Bertz CT molecular complexity index is 421. The van der Waals surface area contributed by atoms with Gasteiger partial charge in [0, 0.05) is 23.4 Å². The monoisotopic (exact) mass is 278 g/mol. The molecule has 0 bridgehead atoms. The average molecular weight is 278 g/mol. The van der Waals surface area contributed by atoms with Gasteiger partial charge in [0.05, 0.1) is 0 Å². The highest BCUT2D eigenvalue weighted by atomic mass is 32.2. The van der Waals surface area contributed by atoms with Gasteiger partial charge in [0.1, 0.15) is 0 Å². The fraction of sp³-hybridized carbons (Fsp3) is 0.533. The molecule has 0 radical (unpaired) electrons.